The van der Waals surface area contributed by atoms with Crippen molar-refractivity contribution in [3.63, 3.8) is 0 Å². The molecule has 2 heterocycles. The molecule has 1 saturated heterocycles. The predicted octanol–water partition coefficient (Wildman–Crippen LogP) is 5.07. The van der Waals surface area contributed by atoms with Crippen LogP contribution < -0.4 is 4.74 Å². The summed E-state index contributed by atoms with van der Waals surface area (Å²) in [6.07, 6.45) is 2.01. The van der Waals surface area contributed by atoms with Gasteiger partial charge in [0.2, 0.25) is 0 Å². The molecule has 0 spiro atoms. The molecule has 0 N–H and O–H groups in total. The van der Waals surface area contributed by atoms with Crippen molar-refractivity contribution in [2.75, 3.05) is 13.1 Å². The molecule has 0 saturated carbocycles. The van der Waals surface area contributed by atoms with Gasteiger partial charge in [-0.25, -0.2) is 4.39 Å². The van der Waals surface area contributed by atoms with E-state index in [4.69, 9.17) is 20.9 Å². The number of nitrogens with zero attached hydrogens (tertiary/aromatic N) is 2. The van der Waals surface area contributed by atoms with Crippen molar-refractivity contribution >= 4 is 17.5 Å². The molecule has 2 aromatic carbocycles. The summed E-state index contributed by atoms with van der Waals surface area (Å²) in [6.45, 7) is 1.40. The number of carbonyl (C=O) groups is 1. The Kier molecular flexibility index (Phi) is 5.81. The minimum Gasteiger partial charge on any atom is -0.484 e. The number of rotatable bonds is 5. The number of amides is 1. The van der Waals surface area contributed by atoms with Gasteiger partial charge < -0.3 is 14.2 Å². The number of piperidine rings is 1. The van der Waals surface area contributed by atoms with Gasteiger partial charge >= 0.3 is 0 Å². The van der Waals surface area contributed by atoms with Gasteiger partial charge in [0.05, 0.1) is 5.02 Å². The van der Waals surface area contributed by atoms with E-state index in [1.807, 2.05) is 23.1 Å². The minimum absolute atomic E-state index is 0.0400. The lowest BCUT2D eigenvalue weighted by molar-refractivity contribution is 0.0696. The van der Waals surface area contributed by atoms with Crippen molar-refractivity contribution in [3.05, 3.63) is 82.5 Å². The summed E-state index contributed by atoms with van der Waals surface area (Å²) in [5.74, 6) is 0.458. The maximum Gasteiger partial charge on any atom is 0.276 e. The van der Waals surface area contributed by atoms with E-state index in [-0.39, 0.29) is 23.2 Å². The summed E-state index contributed by atoms with van der Waals surface area (Å²) in [7, 11) is 0. The number of ether oxygens (including phenoxy) is 1. The molecule has 1 aromatic heterocycles. The fourth-order valence-corrected chi connectivity index (χ4v) is 3.77. The third-order valence-electron chi connectivity index (χ3n) is 5.02. The molecule has 150 valence electrons. The van der Waals surface area contributed by atoms with Crippen LogP contribution in [0.25, 0.3) is 0 Å². The zero-order chi connectivity index (χ0) is 20.2. The predicted molar refractivity (Wildman–Crippen MR) is 107 cm³/mol. The summed E-state index contributed by atoms with van der Waals surface area (Å²) >= 11 is 5.95. The van der Waals surface area contributed by atoms with Crippen LogP contribution in [0.2, 0.25) is 5.02 Å². The number of carbonyl (C=O) groups excluding carboxylic acids is 1. The van der Waals surface area contributed by atoms with Crippen molar-refractivity contribution < 1.29 is 18.4 Å². The second-order valence-electron chi connectivity index (χ2n) is 7.04. The van der Waals surface area contributed by atoms with Crippen LogP contribution in [0.15, 0.2) is 59.1 Å². The molecular weight excluding hydrogens is 395 g/mol. The van der Waals surface area contributed by atoms with Gasteiger partial charge in [0.1, 0.15) is 18.2 Å². The van der Waals surface area contributed by atoms with Gasteiger partial charge in [-0.1, -0.05) is 47.1 Å². The van der Waals surface area contributed by atoms with Crippen LogP contribution in [-0.4, -0.2) is 29.1 Å². The molecule has 3 aromatic rings. The van der Waals surface area contributed by atoms with Crippen molar-refractivity contribution in [1.82, 2.24) is 10.1 Å². The minimum atomic E-state index is -0.440. The van der Waals surface area contributed by atoms with Crippen LogP contribution in [0, 0.1) is 5.82 Å². The maximum absolute atomic E-state index is 13.1. The Bertz CT molecular complexity index is 993. The van der Waals surface area contributed by atoms with Crippen LogP contribution in [0.1, 0.15) is 40.6 Å². The molecule has 1 amide bonds. The Morgan fingerprint density at radius 1 is 1.24 bits per heavy atom. The first-order valence-electron chi connectivity index (χ1n) is 9.48. The van der Waals surface area contributed by atoms with Crippen molar-refractivity contribution in [3.8, 4) is 5.75 Å². The number of likely N-dealkylation sites (tertiary alicyclic amines) is 1. The molecule has 29 heavy (non-hydrogen) atoms. The van der Waals surface area contributed by atoms with Crippen LogP contribution in [0.4, 0.5) is 4.39 Å². The Balaban J connectivity index is 1.39. The van der Waals surface area contributed by atoms with E-state index in [0.29, 0.717) is 30.5 Å². The van der Waals surface area contributed by atoms with Crippen LogP contribution in [0.5, 0.6) is 5.75 Å². The average molecular weight is 415 g/mol. The van der Waals surface area contributed by atoms with Crippen LogP contribution >= 0.6 is 11.6 Å². The Morgan fingerprint density at radius 2 is 2.07 bits per heavy atom. The van der Waals surface area contributed by atoms with Gasteiger partial charge in [0.15, 0.2) is 11.5 Å². The lowest BCUT2D eigenvalue weighted by Crippen LogP contribution is -2.39. The highest BCUT2D eigenvalue weighted by atomic mass is 35.5. The molecular formula is C22H20ClFN2O3. The summed E-state index contributed by atoms with van der Waals surface area (Å²) in [6, 6.07) is 15.7. The van der Waals surface area contributed by atoms with E-state index < -0.39 is 5.82 Å². The fraction of sp³-hybridized carbons (Fsp3) is 0.273. The summed E-state index contributed by atoms with van der Waals surface area (Å²) in [5, 5.41) is 4.07. The standard InChI is InChI=1S/C22H20ClFN2O3/c23-19-11-17(24)8-9-21(19)28-14-18-12-20(25-29-18)22(27)26-10-4-7-16(13-26)15-5-2-1-3-6-15/h1-3,5-6,8-9,11-12,16H,4,7,10,13-14H2/t16-/m0/s1. The zero-order valence-corrected chi connectivity index (χ0v) is 16.4. The Labute approximate surface area is 173 Å². The van der Waals surface area contributed by atoms with E-state index in [1.165, 1.54) is 23.8 Å². The second kappa shape index (κ2) is 8.66. The van der Waals surface area contributed by atoms with Gasteiger partial charge in [0, 0.05) is 25.1 Å². The number of halogens is 2. The summed E-state index contributed by atoms with van der Waals surface area (Å²) in [5.41, 5.74) is 1.50. The molecule has 0 radical (unpaired) electrons. The number of hydrogen-bond acceptors (Lipinski definition) is 4. The lowest BCUT2D eigenvalue weighted by Gasteiger charge is -2.32. The SMILES string of the molecule is O=C(c1cc(COc2ccc(F)cc2Cl)on1)N1CCC[C@H](c2ccccc2)C1. The highest BCUT2D eigenvalue weighted by molar-refractivity contribution is 6.32. The number of benzene rings is 2. The third-order valence-corrected chi connectivity index (χ3v) is 5.32. The lowest BCUT2D eigenvalue weighted by atomic mass is 9.90. The molecule has 1 fully saturated rings. The highest BCUT2D eigenvalue weighted by Gasteiger charge is 2.27. The van der Waals surface area contributed by atoms with Crippen molar-refractivity contribution in [2.24, 2.45) is 0 Å². The van der Waals surface area contributed by atoms with Crippen LogP contribution in [-0.2, 0) is 6.61 Å². The largest absolute Gasteiger partial charge is 0.484 e. The molecule has 1 aliphatic heterocycles. The second-order valence-corrected chi connectivity index (χ2v) is 7.45. The number of aromatic nitrogens is 1. The topological polar surface area (TPSA) is 55.6 Å². The van der Waals surface area contributed by atoms with E-state index in [0.717, 1.165) is 12.8 Å². The van der Waals surface area contributed by atoms with Crippen molar-refractivity contribution in [2.45, 2.75) is 25.4 Å². The molecule has 7 heteroatoms. The van der Waals surface area contributed by atoms with Gasteiger partial charge in [-0.15, -0.1) is 0 Å². The van der Waals surface area contributed by atoms with E-state index in [9.17, 15) is 9.18 Å². The van der Waals surface area contributed by atoms with E-state index in [2.05, 4.69) is 17.3 Å². The smallest absolute Gasteiger partial charge is 0.276 e. The molecule has 5 nitrogen and oxygen atoms in total. The first-order valence-corrected chi connectivity index (χ1v) is 9.85. The molecule has 0 aliphatic carbocycles. The Hall–Kier alpha value is -2.86. The molecule has 1 aliphatic rings. The first-order chi connectivity index (χ1) is 14.1. The normalized spacial score (nSPS) is 16.6. The zero-order valence-electron chi connectivity index (χ0n) is 15.7. The quantitative estimate of drug-likeness (QED) is 0.585. The van der Waals surface area contributed by atoms with Gasteiger partial charge in [-0.05, 0) is 36.6 Å². The number of hydrogen-bond donors (Lipinski definition) is 0. The average Bonchev–Trinajstić information content (AvgIpc) is 3.22. The third kappa shape index (κ3) is 4.59. The highest BCUT2D eigenvalue weighted by Crippen LogP contribution is 2.28. The molecule has 1 atom stereocenters. The Morgan fingerprint density at radius 3 is 2.86 bits per heavy atom. The van der Waals surface area contributed by atoms with Gasteiger partial charge in [0.25, 0.3) is 5.91 Å². The molecule has 4 rings (SSSR count). The first kappa shape index (κ1) is 19.5. The summed E-state index contributed by atoms with van der Waals surface area (Å²) in [4.78, 5) is 14.7. The summed E-state index contributed by atoms with van der Waals surface area (Å²) < 4.78 is 23.9. The van der Waals surface area contributed by atoms with Gasteiger partial charge in [-0.2, -0.15) is 0 Å². The van der Waals surface area contributed by atoms with E-state index >= 15 is 0 Å². The molecule has 0 bridgehead atoms. The van der Waals surface area contributed by atoms with Crippen LogP contribution in [0.3, 0.4) is 0 Å². The van der Waals surface area contributed by atoms with Crippen molar-refractivity contribution in [1.29, 1.82) is 0 Å². The van der Waals surface area contributed by atoms with E-state index in [1.54, 1.807) is 6.07 Å². The molecule has 0 unspecified atom stereocenters. The maximum atomic E-state index is 13.1. The fourth-order valence-electron chi connectivity index (χ4n) is 3.54. The van der Waals surface area contributed by atoms with Gasteiger partial charge in [-0.3, -0.25) is 4.79 Å². The monoisotopic (exact) mass is 414 g/mol.